The van der Waals surface area contributed by atoms with E-state index in [1.165, 1.54) is 0 Å². The molecule has 1 aliphatic heterocycles. The van der Waals surface area contributed by atoms with Gasteiger partial charge in [-0.25, -0.2) is 4.98 Å². The summed E-state index contributed by atoms with van der Waals surface area (Å²) < 4.78 is 8.03. The van der Waals surface area contributed by atoms with Crippen molar-refractivity contribution < 1.29 is 9.21 Å². The van der Waals surface area contributed by atoms with Crippen LogP contribution in [-0.2, 0) is 13.1 Å². The summed E-state index contributed by atoms with van der Waals surface area (Å²) >= 11 is 0. The molecule has 1 fully saturated rings. The van der Waals surface area contributed by atoms with Crippen molar-refractivity contribution in [3.05, 3.63) is 41.9 Å². The molecule has 0 saturated carbocycles. The van der Waals surface area contributed by atoms with Gasteiger partial charge in [0.25, 0.3) is 5.91 Å². The first-order valence-corrected chi connectivity index (χ1v) is 10.1. The lowest BCUT2D eigenvalue weighted by atomic mass is 9.97. The van der Waals surface area contributed by atoms with Crippen molar-refractivity contribution in [1.29, 1.82) is 0 Å². The number of likely N-dealkylation sites (tertiary alicyclic amines) is 1. The van der Waals surface area contributed by atoms with E-state index in [-0.39, 0.29) is 11.8 Å². The summed E-state index contributed by atoms with van der Waals surface area (Å²) in [6, 6.07) is 3.69. The summed E-state index contributed by atoms with van der Waals surface area (Å²) in [6.45, 7) is 4.19. The molecule has 154 valence electrons. The van der Waals surface area contributed by atoms with Crippen molar-refractivity contribution in [3.8, 4) is 0 Å². The van der Waals surface area contributed by atoms with E-state index in [1.807, 2.05) is 36.2 Å². The maximum absolute atomic E-state index is 12.9. The molecule has 0 bridgehead atoms. The Kier molecular flexibility index (Phi) is 6.91. The molecule has 0 aromatic carbocycles. The summed E-state index contributed by atoms with van der Waals surface area (Å²) in [7, 11) is 8.16. The van der Waals surface area contributed by atoms with Crippen LogP contribution in [-0.4, -0.2) is 78.0 Å². The normalized spacial score (nSPS) is 17.6. The van der Waals surface area contributed by atoms with E-state index in [2.05, 4.69) is 34.7 Å². The van der Waals surface area contributed by atoms with Gasteiger partial charge in [-0.1, -0.05) is 0 Å². The molecule has 0 N–H and O–H groups in total. The third-order valence-corrected chi connectivity index (χ3v) is 5.17. The highest BCUT2D eigenvalue weighted by molar-refractivity contribution is 5.91. The van der Waals surface area contributed by atoms with Gasteiger partial charge in [-0.2, -0.15) is 0 Å². The second-order valence-electron chi connectivity index (χ2n) is 8.23. The third kappa shape index (κ3) is 5.23. The van der Waals surface area contributed by atoms with Crippen LogP contribution in [0.25, 0.3) is 0 Å². The van der Waals surface area contributed by atoms with Crippen molar-refractivity contribution in [1.82, 2.24) is 24.3 Å². The molecule has 3 heterocycles. The van der Waals surface area contributed by atoms with E-state index in [0.29, 0.717) is 18.8 Å². The number of aryl methyl sites for hydroxylation is 1. The van der Waals surface area contributed by atoms with Gasteiger partial charge in [0.1, 0.15) is 11.6 Å². The molecular weight excluding hydrogens is 354 g/mol. The number of piperidine rings is 1. The first kappa shape index (κ1) is 20.6. The van der Waals surface area contributed by atoms with Gasteiger partial charge >= 0.3 is 0 Å². The Morgan fingerprint density at radius 1 is 1.25 bits per heavy atom. The minimum atomic E-state index is -0.0135. The van der Waals surface area contributed by atoms with Gasteiger partial charge in [0.15, 0.2) is 5.76 Å². The Morgan fingerprint density at radius 3 is 2.82 bits per heavy atom. The van der Waals surface area contributed by atoms with Crippen LogP contribution in [0.15, 0.2) is 28.9 Å². The van der Waals surface area contributed by atoms with Crippen molar-refractivity contribution in [2.24, 2.45) is 0 Å². The second-order valence-corrected chi connectivity index (χ2v) is 8.23. The fourth-order valence-corrected chi connectivity index (χ4v) is 3.84. The molecule has 7 heteroatoms. The Balaban J connectivity index is 1.63. The lowest BCUT2D eigenvalue weighted by Crippen LogP contribution is -2.39. The average Bonchev–Trinajstić information content (AvgIpc) is 3.30. The van der Waals surface area contributed by atoms with Crippen LogP contribution >= 0.6 is 0 Å². The van der Waals surface area contributed by atoms with Gasteiger partial charge < -0.3 is 23.7 Å². The molecule has 1 atom stereocenters. The zero-order chi connectivity index (χ0) is 20.1. The fourth-order valence-electron chi connectivity index (χ4n) is 3.84. The Morgan fingerprint density at radius 2 is 2.07 bits per heavy atom. The molecule has 0 radical (unpaired) electrons. The zero-order valence-electron chi connectivity index (χ0n) is 17.6. The maximum Gasteiger partial charge on any atom is 0.289 e. The lowest BCUT2D eigenvalue weighted by molar-refractivity contribution is 0.0668. The van der Waals surface area contributed by atoms with E-state index in [4.69, 9.17) is 4.42 Å². The smallest absolute Gasteiger partial charge is 0.289 e. The molecule has 0 spiro atoms. The summed E-state index contributed by atoms with van der Waals surface area (Å²) in [4.78, 5) is 23.7. The molecule has 28 heavy (non-hydrogen) atoms. The highest BCUT2D eigenvalue weighted by atomic mass is 16.4. The van der Waals surface area contributed by atoms with Gasteiger partial charge in [-0.15, -0.1) is 0 Å². The number of aromatic nitrogens is 2. The molecule has 0 aliphatic carbocycles. The molecule has 7 nitrogen and oxygen atoms in total. The van der Waals surface area contributed by atoms with Crippen molar-refractivity contribution >= 4 is 5.91 Å². The van der Waals surface area contributed by atoms with Crippen molar-refractivity contribution in [3.63, 3.8) is 0 Å². The largest absolute Gasteiger partial charge is 0.455 e. The molecule has 1 aliphatic rings. The van der Waals surface area contributed by atoms with Crippen LogP contribution in [0.5, 0.6) is 0 Å². The quantitative estimate of drug-likeness (QED) is 0.697. The average molecular weight is 388 g/mol. The lowest BCUT2D eigenvalue weighted by Gasteiger charge is -2.32. The molecular formula is C21H33N5O2. The number of carbonyl (C=O) groups is 1. The Labute approximate surface area is 167 Å². The highest BCUT2D eigenvalue weighted by Gasteiger charge is 2.29. The van der Waals surface area contributed by atoms with Crippen LogP contribution in [0.1, 0.15) is 47.3 Å². The van der Waals surface area contributed by atoms with E-state index in [1.54, 1.807) is 6.07 Å². The van der Waals surface area contributed by atoms with Crippen molar-refractivity contribution in [2.75, 3.05) is 47.8 Å². The minimum absolute atomic E-state index is 0.0135. The second kappa shape index (κ2) is 9.39. The van der Waals surface area contributed by atoms with E-state index in [0.717, 1.165) is 50.5 Å². The molecule has 0 unspecified atom stereocenters. The SMILES string of the molecule is CN(C)CCCn1ccnc1[C@H]1CCCN(C(=O)c2ccc(CN(C)C)o2)C1. The van der Waals surface area contributed by atoms with Gasteiger partial charge in [-0.05, 0) is 66.1 Å². The predicted octanol–water partition coefficient (Wildman–Crippen LogP) is 2.51. The number of imidazole rings is 1. The summed E-state index contributed by atoms with van der Waals surface area (Å²) in [5.41, 5.74) is 0. The van der Waals surface area contributed by atoms with Gasteiger partial charge in [0, 0.05) is 37.9 Å². The topological polar surface area (TPSA) is 57.8 Å². The number of hydrogen-bond acceptors (Lipinski definition) is 5. The van der Waals surface area contributed by atoms with Crippen LogP contribution in [0.4, 0.5) is 0 Å². The number of furan rings is 1. The Bertz CT molecular complexity index is 764. The zero-order valence-corrected chi connectivity index (χ0v) is 17.6. The Hall–Kier alpha value is -2.12. The molecule has 1 amide bonds. The minimum Gasteiger partial charge on any atom is -0.455 e. The predicted molar refractivity (Wildman–Crippen MR) is 109 cm³/mol. The molecule has 2 aromatic rings. The number of rotatable bonds is 8. The van der Waals surface area contributed by atoms with E-state index >= 15 is 0 Å². The van der Waals surface area contributed by atoms with Crippen molar-refractivity contribution in [2.45, 2.75) is 38.3 Å². The van der Waals surface area contributed by atoms with Crippen LogP contribution < -0.4 is 0 Å². The number of carbonyl (C=O) groups excluding carboxylic acids is 1. The molecule has 1 saturated heterocycles. The summed E-state index contributed by atoms with van der Waals surface area (Å²) in [5.74, 6) is 2.62. The molecule has 2 aromatic heterocycles. The van der Waals surface area contributed by atoms with E-state index in [9.17, 15) is 4.79 Å². The fraction of sp³-hybridized carbons (Fsp3) is 0.619. The first-order valence-electron chi connectivity index (χ1n) is 10.1. The first-order chi connectivity index (χ1) is 13.4. The standard InChI is InChI=1S/C21H33N5O2/c1-23(2)11-6-13-25-14-10-22-20(25)17-7-5-12-26(15-17)21(27)19-9-8-18(28-19)16-24(3)4/h8-10,14,17H,5-7,11-13,15-16H2,1-4H3/t17-/m0/s1. The van der Waals surface area contributed by atoms with Crippen LogP contribution in [0.3, 0.4) is 0 Å². The monoisotopic (exact) mass is 387 g/mol. The van der Waals surface area contributed by atoms with Gasteiger partial charge in [0.05, 0.1) is 6.54 Å². The number of hydrogen-bond donors (Lipinski definition) is 0. The number of amides is 1. The third-order valence-electron chi connectivity index (χ3n) is 5.17. The maximum atomic E-state index is 12.9. The summed E-state index contributed by atoms with van der Waals surface area (Å²) in [5, 5.41) is 0. The summed E-state index contributed by atoms with van der Waals surface area (Å²) in [6.07, 6.45) is 7.09. The highest BCUT2D eigenvalue weighted by Crippen LogP contribution is 2.27. The number of nitrogens with zero attached hydrogens (tertiary/aromatic N) is 5. The molecule has 3 rings (SSSR count). The van der Waals surface area contributed by atoms with Crippen LogP contribution in [0.2, 0.25) is 0 Å². The van der Waals surface area contributed by atoms with Crippen LogP contribution in [0, 0.1) is 0 Å². The van der Waals surface area contributed by atoms with Gasteiger partial charge in [-0.3, -0.25) is 4.79 Å². The van der Waals surface area contributed by atoms with E-state index < -0.39 is 0 Å². The van der Waals surface area contributed by atoms with Gasteiger partial charge in [0.2, 0.25) is 0 Å².